The van der Waals surface area contributed by atoms with Gasteiger partial charge in [0.1, 0.15) is 5.75 Å². The molecule has 2 aromatic rings. The number of hydrogen-bond acceptors (Lipinski definition) is 3. The van der Waals surface area contributed by atoms with Gasteiger partial charge in [0.15, 0.2) is 11.6 Å². The first-order valence-corrected chi connectivity index (χ1v) is 10.4. The molecule has 2 fully saturated rings. The maximum atomic E-state index is 13.6. The molecular formula is C24H29FO4. The van der Waals surface area contributed by atoms with Crippen LogP contribution in [0.15, 0.2) is 48.5 Å². The monoisotopic (exact) mass is 400 g/mol. The summed E-state index contributed by atoms with van der Waals surface area (Å²) in [5.41, 5.74) is 0.951. The number of carboxylic acids is 1. The second kappa shape index (κ2) is 10.3. The van der Waals surface area contributed by atoms with E-state index in [0.717, 1.165) is 24.2 Å². The molecule has 5 heteroatoms. The Morgan fingerprint density at radius 2 is 1.86 bits per heavy atom. The van der Waals surface area contributed by atoms with Crippen molar-refractivity contribution in [1.29, 1.82) is 0 Å². The Morgan fingerprint density at radius 3 is 2.52 bits per heavy atom. The minimum atomic E-state index is -0.799. The fourth-order valence-electron chi connectivity index (χ4n) is 3.04. The van der Waals surface area contributed by atoms with Crippen LogP contribution in [0.5, 0.6) is 11.5 Å². The quantitative estimate of drug-likeness (QED) is 0.636. The van der Waals surface area contributed by atoms with Gasteiger partial charge in [0.2, 0.25) is 0 Å². The lowest BCUT2D eigenvalue weighted by Crippen LogP contribution is -2.37. The van der Waals surface area contributed by atoms with Crippen molar-refractivity contribution in [1.82, 2.24) is 0 Å². The van der Waals surface area contributed by atoms with Crippen molar-refractivity contribution in [3.63, 3.8) is 0 Å². The molecule has 1 N–H and O–H groups in total. The highest BCUT2D eigenvalue weighted by Gasteiger charge is 2.32. The van der Waals surface area contributed by atoms with Crippen LogP contribution in [-0.4, -0.2) is 23.8 Å². The molecule has 2 aliphatic carbocycles. The van der Waals surface area contributed by atoms with E-state index in [-0.39, 0.29) is 11.9 Å². The minimum Gasteiger partial charge on any atom is -0.493 e. The van der Waals surface area contributed by atoms with Crippen molar-refractivity contribution >= 4 is 5.97 Å². The van der Waals surface area contributed by atoms with Crippen LogP contribution in [0.4, 0.5) is 4.39 Å². The minimum absolute atomic E-state index is 0.0308. The molecule has 1 atom stereocenters. The van der Waals surface area contributed by atoms with Crippen LogP contribution in [-0.2, 0) is 11.2 Å². The molecule has 2 aromatic carbocycles. The number of benzene rings is 2. The molecule has 0 saturated heterocycles. The first-order chi connectivity index (χ1) is 14.0. The standard InChI is InChI=1S/C21H23FO4.C3H6/c1-14(21(23)24)9-15-5-4-6-17(10-15)25-13-16-11-18(12-16)26-20-8-3-2-7-19(20)22;1-2-3-1/h2-8,10,14,16,18H,9,11-13H2,1H3,(H,23,24);1-3H2. The van der Waals surface area contributed by atoms with E-state index in [1.54, 1.807) is 25.1 Å². The normalized spacial score (nSPS) is 20.5. The smallest absolute Gasteiger partial charge is 0.306 e. The molecule has 4 nitrogen and oxygen atoms in total. The molecule has 0 aliphatic heterocycles. The average molecular weight is 400 g/mol. The van der Waals surface area contributed by atoms with Crippen molar-refractivity contribution in [3.05, 3.63) is 59.9 Å². The molecule has 2 aliphatic rings. The lowest BCUT2D eigenvalue weighted by Gasteiger charge is -2.35. The Morgan fingerprint density at radius 1 is 1.14 bits per heavy atom. The van der Waals surface area contributed by atoms with Gasteiger partial charge in [0.25, 0.3) is 0 Å². The van der Waals surface area contributed by atoms with E-state index >= 15 is 0 Å². The molecule has 156 valence electrons. The number of aliphatic carboxylic acids is 1. The second-order valence-corrected chi connectivity index (χ2v) is 7.97. The predicted octanol–water partition coefficient (Wildman–Crippen LogP) is 5.50. The third kappa shape index (κ3) is 7.08. The number of carboxylic acid groups (broad SMARTS) is 1. The number of halogens is 1. The summed E-state index contributed by atoms with van der Waals surface area (Å²) in [6.07, 6.45) is 6.69. The SMILES string of the molecule is C1CC1.CC(Cc1cccc(OCC2CC(Oc3ccccc3F)C2)c1)C(=O)O. The zero-order valence-electron chi connectivity index (χ0n) is 16.9. The maximum absolute atomic E-state index is 13.6. The van der Waals surface area contributed by atoms with Gasteiger partial charge in [-0.1, -0.05) is 50.5 Å². The third-order valence-corrected chi connectivity index (χ3v) is 5.02. The first-order valence-electron chi connectivity index (χ1n) is 10.4. The topological polar surface area (TPSA) is 55.8 Å². The Bertz CT molecular complexity index is 796. The van der Waals surface area contributed by atoms with Crippen molar-refractivity contribution in [2.75, 3.05) is 6.61 Å². The lowest BCUT2D eigenvalue weighted by molar-refractivity contribution is -0.141. The molecule has 29 heavy (non-hydrogen) atoms. The fraction of sp³-hybridized carbons (Fsp3) is 0.458. The van der Waals surface area contributed by atoms with Crippen LogP contribution in [0.2, 0.25) is 0 Å². The highest BCUT2D eigenvalue weighted by molar-refractivity contribution is 5.69. The third-order valence-electron chi connectivity index (χ3n) is 5.02. The summed E-state index contributed by atoms with van der Waals surface area (Å²) >= 11 is 0. The summed E-state index contributed by atoms with van der Waals surface area (Å²) in [6.45, 7) is 2.27. The number of para-hydroxylation sites is 1. The van der Waals surface area contributed by atoms with Crippen LogP contribution in [0.25, 0.3) is 0 Å². The summed E-state index contributed by atoms with van der Waals surface area (Å²) in [4.78, 5) is 11.0. The van der Waals surface area contributed by atoms with Gasteiger partial charge >= 0.3 is 5.97 Å². The molecule has 0 amide bonds. The van der Waals surface area contributed by atoms with E-state index in [9.17, 15) is 9.18 Å². The molecule has 4 rings (SSSR count). The van der Waals surface area contributed by atoms with E-state index in [1.165, 1.54) is 25.3 Å². The summed E-state index contributed by atoms with van der Waals surface area (Å²) < 4.78 is 25.1. The zero-order chi connectivity index (χ0) is 20.6. The van der Waals surface area contributed by atoms with Gasteiger partial charge in [-0.05, 0) is 55.0 Å². The first kappa shape index (κ1) is 21.2. The van der Waals surface area contributed by atoms with E-state index in [2.05, 4.69) is 0 Å². The summed E-state index contributed by atoms with van der Waals surface area (Å²) in [6, 6.07) is 14.0. The molecule has 2 saturated carbocycles. The van der Waals surface area contributed by atoms with Crippen molar-refractivity contribution in [2.24, 2.45) is 11.8 Å². The van der Waals surface area contributed by atoms with Gasteiger partial charge in [-0.25, -0.2) is 4.39 Å². The highest BCUT2D eigenvalue weighted by atomic mass is 19.1. The molecule has 0 spiro atoms. The molecular weight excluding hydrogens is 371 g/mol. The van der Waals surface area contributed by atoms with E-state index in [1.807, 2.05) is 24.3 Å². The number of rotatable bonds is 8. The largest absolute Gasteiger partial charge is 0.493 e. The van der Waals surface area contributed by atoms with Gasteiger partial charge in [0, 0.05) is 0 Å². The van der Waals surface area contributed by atoms with Crippen molar-refractivity contribution < 1.29 is 23.8 Å². The molecule has 0 aromatic heterocycles. The van der Waals surface area contributed by atoms with E-state index < -0.39 is 11.9 Å². The van der Waals surface area contributed by atoms with Gasteiger partial charge in [-0.3, -0.25) is 4.79 Å². The summed E-state index contributed by atoms with van der Waals surface area (Å²) in [5.74, 6) is -0.122. The number of carbonyl (C=O) groups is 1. The van der Waals surface area contributed by atoms with Gasteiger partial charge < -0.3 is 14.6 Å². The summed E-state index contributed by atoms with van der Waals surface area (Å²) in [7, 11) is 0. The Kier molecular flexibility index (Phi) is 7.50. The van der Waals surface area contributed by atoms with E-state index in [0.29, 0.717) is 24.7 Å². The van der Waals surface area contributed by atoms with Crippen LogP contribution < -0.4 is 9.47 Å². The van der Waals surface area contributed by atoms with Crippen LogP contribution in [0, 0.1) is 17.7 Å². The maximum Gasteiger partial charge on any atom is 0.306 e. The van der Waals surface area contributed by atoms with Gasteiger partial charge in [-0.15, -0.1) is 0 Å². The average Bonchev–Trinajstić information content (AvgIpc) is 3.54. The predicted molar refractivity (Wildman–Crippen MR) is 110 cm³/mol. The van der Waals surface area contributed by atoms with Crippen molar-refractivity contribution in [3.8, 4) is 11.5 Å². The Labute approximate surface area is 171 Å². The highest BCUT2D eigenvalue weighted by Crippen LogP contribution is 2.33. The van der Waals surface area contributed by atoms with Gasteiger partial charge in [0.05, 0.1) is 18.6 Å². The Balaban J connectivity index is 0.000000732. The Hall–Kier alpha value is -2.56. The zero-order valence-corrected chi connectivity index (χ0v) is 16.9. The molecule has 0 radical (unpaired) electrons. The molecule has 0 bridgehead atoms. The van der Waals surface area contributed by atoms with Crippen LogP contribution in [0.1, 0.15) is 44.6 Å². The molecule has 0 heterocycles. The second-order valence-electron chi connectivity index (χ2n) is 7.97. The van der Waals surface area contributed by atoms with Crippen molar-refractivity contribution in [2.45, 2.75) is 51.6 Å². The van der Waals surface area contributed by atoms with Crippen LogP contribution in [0.3, 0.4) is 0 Å². The van der Waals surface area contributed by atoms with Crippen LogP contribution >= 0.6 is 0 Å². The molecule has 1 unspecified atom stereocenters. The number of ether oxygens (including phenoxy) is 2. The fourth-order valence-corrected chi connectivity index (χ4v) is 3.04. The summed E-state index contributed by atoms with van der Waals surface area (Å²) in [5, 5.41) is 9.01. The van der Waals surface area contributed by atoms with E-state index in [4.69, 9.17) is 14.6 Å². The lowest BCUT2D eigenvalue weighted by atomic mass is 9.83. The van der Waals surface area contributed by atoms with Gasteiger partial charge in [-0.2, -0.15) is 0 Å². The number of hydrogen-bond donors (Lipinski definition) is 1.